The van der Waals surface area contributed by atoms with Crippen molar-refractivity contribution in [2.75, 3.05) is 6.54 Å². The maximum Gasteiger partial charge on any atom is 0.326 e. The molecule has 0 heterocycles. The second kappa shape index (κ2) is 12.3. The van der Waals surface area contributed by atoms with Crippen LogP contribution < -0.4 is 21.7 Å². The number of carboxylic acid groups (broad SMARTS) is 1. The van der Waals surface area contributed by atoms with Crippen LogP contribution in [0.25, 0.3) is 0 Å². The van der Waals surface area contributed by atoms with Gasteiger partial charge in [0, 0.05) is 0 Å². The fraction of sp³-hybridized carbons (Fsp3) is 0.789. The lowest BCUT2D eigenvalue weighted by Crippen LogP contribution is -2.55. The molecule has 4 unspecified atom stereocenters. The number of carbonyl (C=O) groups excluding carboxylic acids is 3. The average Bonchev–Trinajstić information content (AvgIpc) is 2.59. The molecule has 0 bridgehead atoms. The molecule has 0 saturated heterocycles. The highest BCUT2D eigenvalue weighted by atomic mass is 16.4. The first-order chi connectivity index (χ1) is 12.9. The van der Waals surface area contributed by atoms with Gasteiger partial charge in [-0.1, -0.05) is 48.0 Å². The maximum atomic E-state index is 12.4. The topological polar surface area (TPSA) is 151 Å². The van der Waals surface area contributed by atoms with Gasteiger partial charge in [-0.2, -0.15) is 0 Å². The third-order valence-electron chi connectivity index (χ3n) is 4.53. The van der Waals surface area contributed by atoms with Crippen LogP contribution in [-0.2, 0) is 19.2 Å². The summed E-state index contributed by atoms with van der Waals surface area (Å²) < 4.78 is 0. The lowest BCUT2D eigenvalue weighted by atomic mass is 9.99. The normalized spacial score (nSPS) is 15.5. The first-order valence-electron chi connectivity index (χ1n) is 9.76. The van der Waals surface area contributed by atoms with E-state index in [2.05, 4.69) is 16.0 Å². The van der Waals surface area contributed by atoms with Gasteiger partial charge in [-0.05, 0) is 24.2 Å². The Labute approximate surface area is 167 Å². The molecule has 0 radical (unpaired) electrons. The first kappa shape index (κ1) is 25.8. The third-order valence-corrected chi connectivity index (χ3v) is 4.53. The van der Waals surface area contributed by atoms with E-state index in [1.165, 1.54) is 0 Å². The van der Waals surface area contributed by atoms with E-state index in [1.54, 1.807) is 20.8 Å². The second-order valence-electron chi connectivity index (χ2n) is 7.95. The van der Waals surface area contributed by atoms with Gasteiger partial charge in [0.2, 0.25) is 17.7 Å². The standard InChI is InChI=1S/C19H36N4O5/c1-7-12(6)16(19(27)28)22-14(24)9-21-18(26)15(11(4)5)23-17(25)13(20)8-10(2)3/h10-13,15-16H,7-9,20H2,1-6H3,(H,21,26)(H,22,24)(H,23,25)(H,27,28). The molecule has 0 spiro atoms. The van der Waals surface area contributed by atoms with Crippen molar-refractivity contribution < 1.29 is 24.3 Å². The van der Waals surface area contributed by atoms with Crippen molar-refractivity contribution in [2.45, 2.75) is 72.5 Å². The zero-order valence-corrected chi connectivity index (χ0v) is 17.7. The first-order valence-corrected chi connectivity index (χ1v) is 9.76. The molecule has 4 atom stereocenters. The van der Waals surface area contributed by atoms with Gasteiger partial charge in [-0.15, -0.1) is 0 Å². The number of nitrogens with one attached hydrogen (secondary N) is 3. The highest BCUT2D eigenvalue weighted by Crippen LogP contribution is 2.08. The minimum absolute atomic E-state index is 0.217. The SMILES string of the molecule is CCC(C)C(NC(=O)CNC(=O)C(NC(=O)C(N)CC(C)C)C(C)C)C(=O)O. The fourth-order valence-corrected chi connectivity index (χ4v) is 2.60. The van der Waals surface area contributed by atoms with Gasteiger partial charge in [-0.25, -0.2) is 4.79 Å². The van der Waals surface area contributed by atoms with Crippen LogP contribution in [0.15, 0.2) is 0 Å². The average molecular weight is 401 g/mol. The van der Waals surface area contributed by atoms with Crippen LogP contribution in [0.2, 0.25) is 0 Å². The Morgan fingerprint density at radius 1 is 0.929 bits per heavy atom. The van der Waals surface area contributed by atoms with E-state index in [9.17, 15) is 24.3 Å². The van der Waals surface area contributed by atoms with Crippen molar-refractivity contribution in [1.82, 2.24) is 16.0 Å². The van der Waals surface area contributed by atoms with Crippen LogP contribution >= 0.6 is 0 Å². The molecule has 0 aliphatic carbocycles. The van der Waals surface area contributed by atoms with Crippen LogP contribution in [-0.4, -0.2) is 53.5 Å². The van der Waals surface area contributed by atoms with E-state index in [4.69, 9.17) is 5.73 Å². The number of hydrogen-bond donors (Lipinski definition) is 5. The summed E-state index contributed by atoms with van der Waals surface area (Å²) >= 11 is 0. The van der Waals surface area contributed by atoms with Crippen molar-refractivity contribution in [1.29, 1.82) is 0 Å². The zero-order chi connectivity index (χ0) is 22.0. The summed E-state index contributed by atoms with van der Waals surface area (Å²) in [5.74, 6) is -2.90. The summed E-state index contributed by atoms with van der Waals surface area (Å²) in [6, 6.07) is -2.59. The molecule has 9 heteroatoms. The Balaban J connectivity index is 4.79. The number of carbonyl (C=O) groups is 4. The Morgan fingerprint density at radius 2 is 1.50 bits per heavy atom. The Hall–Kier alpha value is -2.16. The predicted octanol–water partition coefficient (Wildman–Crippen LogP) is 0.232. The van der Waals surface area contributed by atoms with Crippen molar-refractivity contribution in [3.8, 4) is 0 Å². The highest BCUT2D eigenvalue weighted by molar-refractivity contribution is 5.92. The molecule has 0 aliphatic rings. The molecular weight excluding hydrogens is 364 g/mol. The van der Waals surface area contributed by atoms with Crippen molar-refractivity contribution in [3.05, 3.63) is 0 Å². The zero-order valence-electron chi connectivity index (χ0n) is 17.7. The summed E-state index contributed by atoms with van der Waals surface area (Å²) in [5, 5.41) is 16.7. The minimum Gasteiger partial charge on any atom is -0.480 e. The fourth-order valence-electron chi connectivity index (χ4n) is 2.60. The van der Waals surface area contributed by atoms with Crippen LogP contribution in [0.4, 0.5) is 0 Å². The summed E-state index contributed by atoms with van der Waals surface area (Å²) in [4.78, 5) is 47.9. The van der Waals surface area contributed by atoms with Gasteiger partial charge < -0.3 is 26.8 Å². The monoisotopic (exact) mass is 400 g/mol. The Morgan fingerprint density at radius 3 is 1.93 bits per heavy atom. The van der Waals surface area contributed by atoms with Crippen LogP contribution in [0.5, 0.6) is 0 Å². The molecule has 0 rings (SSSR count). The number of carboxylic acids is 1. The molecule has 0 aromatic carbocycles. The van der Waals surface area contributed by atoms with E-state index in [1.807, 2.05) is 20.8 Å². The van der Waals surface area contributed by atoms with E-state index in [0.717, 1.165) is 0 Å². The van der Waals surface area contributed by atoms with E-state index in [0.29, 0.717) is 12.8 Å². The largest absolute Gasteiger partial charge is 0.480 e. The molecule has 28 heavy (non-hydrogen) atoms. The molecule has 9 nitrogen and oxygen atoms in total. The lowest BCUT2D eigenvalue weighted by Gasteiger charge is -2.24. The number of amides is 3. The van der Waals surface area contributed by atoms with Gasteiger partial charge in [-0.3, -0.25) is 14.4 Å². The van der Waals surface area contributed by atoms with Crippen LogP contribution in [0, 0.1) is 17.8 Å². The molecule has 0 aromatic heterocycles. The predicted molar refractivity (Wildman–Crippen MR) is 106 cm³/mol. The highest BCUT2D eigenvalue weighted by Gasteiger charge is 2.28. The third kappa shape index (κ3) is 9.16. The number of hydrogen-bond acceptors (Lipinski definition) is 5. The molecule has 0 aromatic rings. The summed E-state index contributed by atoms with van der Waals surface area (Å²) in [7, 11) is 0. The van der Waals surface area contributed by atoms with Crippen molar-refractivity contribution >= 4 is 23.7 Å². The smallest absolute Gasteiger partial charge is 0.326 e. The Kier molecular flexibility index (Phi) is 11.4. The molecule has 0 aliphatic heterocycles. The number of rotatable bonds is 12. The summed E-state index contributed by atoms with van der Waals surface area (Å²) in [6.45, 7) is 10.6. The summed E-state index contributed by atoms with van der Waals surface area (Å²) in [6.07, 6.45) is 1.08. The van der Waals surface area contributed by atoms with Gasteiger partial charge in [0.15, 0.2) is 0 Å². The minimum atomic E-state index is -1.12. The Bertz CT molecular complexity index is 550. The van der Waals surface area contributed by atoms with E-state index < -0.39 is 41.8 Å². The maximum absolute atomic E-state index is 12.4. The summed E-state index contributed by atoms with van der Waals surface area (Å²) in [5.41, 5.74) is 5.85. The lowest BCUT2D eigenvalue weighted by molar-refractivity contribution is -0.143. The van der Waals surface area contributed by atoms with Gasteiger partial charge >= 0.3 is 5.97 Å². The number of aliphatic carboxylic acids is 1. The van der Waals surface area contributed by atoms with Crippen molar-refractivity contribution in [3.63, 3.8) is 0 Å². The molecule has 3 amide bonds. The van der Waals surface area contributed by atoms with Gasteiger partial charge in [0.05, 0.1) is 12.6 Å². The second-order valence-corrected chi connectivity index (χ2v) is 7.95. The van der Waals surface area contributed by atoms with Gasteiger partial charge in [0.25, 0.3) is 0 Å². The van der Waals surface area contributed by atoms with Crippen LogP contribution in [0.3, 0.4) is 0 Å². The van der Waals surface area contributed by atoms with E-state index >= 15 is 0 Å². The van der Waals surface area contributed by atoms with E-state index in [-0.39, 0.29) is 24.3 Å². The molecular formula is C19H36N4O5. The quantitative estimate of drug-likeness (QED) is 0.316. The van der Waals surface area contributed by atoms with Crippen molar-refractivity contribution in [2.24, 2.45) is 23.5 Å². The molecule has 0 saturated carbocycles. The molecule has 0 fully saturated rings. The van der Waals surface area contributed by atoms with Gasteiger partial charge in [0.1, 0.15) is 12.1 Å². The molecule has 6 N–H and O–H groups in total. The molecule has 162 valence electrons. The number of nitrogens with two attached hydrogens (primary N) is 1. The van der Waals surface area contributed by atoms with Crippen LogP contribution in [0.1, 0.15) is 54.4 Å².